The second-order valence-corrected chi connectivity index (χ2v) is 12.1. The van der Waals surface area contributed by atoms with Crippen LogP contribution in [0.1, 0.15) is 56.9 Å². The van der Waals surface area contributed by atoms with Crippen molar-refractivity contribution in [2.75, 3.05) is 13.1 Å². The van der Waals surface area contributed by atoms with Crippen LogP contribution >= 0.6 is 0 Å². The van der Waals surface area contributed by atoms with Crippen LogP contribution < -0.4 is 10.6 Å². The average molecular weight is 432 g/mol. The molecule has 1 aromatic carbocycles. The minimum absolute atomic E-state index is 0.0256. The molecule has 1 atom stereocenters. The summed E-state index contributed by atoms with van der Waals surface area (Å²) in [6, 6.07) is 6.69. The fraction of sp³-hybridized carbons (Fsp3) is 0.696. The highest BCUT2D eigenvalue weighted by Crippen LogP contribution is 2.55. The van der Waals surface area contributed by atoms with E-state index in [1.54, 1.807) is 16.4 Å². The monoisotopic (exact) mass is 431 g/mol. The van der Waals surface area contributed by atoms with Gasteiger partial charge in [-0.25, -0.2) is 13.2 Å². The molecule has 5 fully saturated rings. The van der Waals surface area contributed by atoms with Crippen LogP contribution in [0.15, 0.2) is 29.2 Å². The van der Waals surface area contributed by atoms with E-state index in [0.29, 0.717) is 18.0 Å². The number of nitrogens with one attached hydrogen (secondary N) is 2. The number of aryl methyl sites for hydroxylation is 1. The van der Waals surface area contributed by atoms with Gasteiger partial charge in [0.05, 0.1) is 4.90 Å². The van der Waals surface area contributed by atoms with Crippen molar-refractivity contribution in [3.05, 3.63) is 29.8 Å². The first-order valence-electron chi connectivity index (χ1n) is 11.5. The van der Waals surface area contributed by atoms with Crippen molar-refractivity contribution in [3.63, 3.8) is 0 Å². The van der Waals surface area contributed by atoms with Crippen molar-refractivity contribution in [1.82, 2.24) is 14.9 Å². The summed E-state index contributed by atoms with van der Waals surface area (Å²) in [4.78, 5) is 13.1. The summed E-state index contributed by atoms with van der Waals surface area (Å²) in [6.45, 7) is 2.82. The number of sulfonamides is 1. The van der Waals surface area contributed by atoms with Crippen LogP contribution in [0.2, 0.25) is 0 Å². The summed E-state index contributed by atoms with van der Waals surface area (Å²) < 4.78 is 27.8. The molecule has 0 spiro atoms. The normalized spacial score (nSPS) is 35.5. The molecule has 164 valence electrons. The Bertz CT molecular complexity index is 877. The number of carbonyl (C=O) groups excluding carboxylic acids is 1. The second kappa shape index (κ2) is 7.52. The van der Waals surface area contributed by atoms with Crippen LogP contribution in [-0.4, -0.2) is 43.4 Å². The lowest BCUT2D eigenvalue weighted by Gasteiger charge is -2.56. The molecule has 5 aliphatic rings. The number of rotatable bonds is 5. The molecular formula is C23H33N3O3S. The Balaban J connectivity index is 1.21. The number of hydrogen-bond acceptors (Lipinski definition) is 3. The summed E-state index contributed by atoms with van der Waals surface area (Å²) in [6.07, 6.45) is 8.98. The minimum atomic E-state index is -3.53. The highest BCUT2D eigenvalue weighted by Gasteiger charge is 2.51. The molecule has 1 saturated heterocycles. The van der Waals surface area contributed by atoms with Gasteiger partial charge in [-0.2, -0.15) is 4.31 Å². The molecular weight excluding hydrogens is 398 g/mol. The van der Waals surface area contributed by atoms with Gasteiger partial charge in [-0.3, -0.25) is 0 Å². The maximum atomic E-state index is 13.1. The summed E-state index contributed by atoms with van der Waals surface area (Å²) in [5.74, 6) is 2.34. The third kappa shape index (κ3) is 3.75. The van der Waals surface area contributed by atoms with E-state index in [9.17, 15) is 13.2 Å². The van der Waals surface area contributed by atoms with Crippen molar-refractivity contribution in [1.29, 1.82) is 0 Å². The van der Waals surface area contributed by atoms with Gasteiger partial charge in [0.1, 0.15) is 0 Å². The van der Waals surface area contributed by atoms with Crippen LogP contribution in [0, 0.1) is 24.7 Å². The third-order valence-electron chi connectivity index (χ3n) is 7.87. The fourth-order valence-corrected chi connectivity index (χ4v) is 8.63. The lowest BCUT2D eigenvalue weighted by molar-refractivity contribution is -0.0135. The highest BCUT2D eigenvalue weighted by atomic mass is 32.2. The number of benzene rings is 1. The van der Waals surface area contributed by atoms with Crippen LogP contribution in [0.5, 0.6) is 0 Å². The van der Waals surface area contributed by atoms with E-state index < -0.39 is 10.0 Å². The first-order chi connectivity index (χ1) is 14.3. The van der Waals surface area contributed by atoms with E-state index in [2.05, 4.69) is 10.6 Å². The number of urea groups is 1. The van der Waals surface area contributed by atoms with Crippen molar-refractivity contribution >= 4 is 16.1 Å². The SMILES string of the molecule is Cc1ccc(S(=O)(=O)N2CCCC2CNC(=O)NC23CC4CC(CC(C4)C2)C3)cc1. The lowest BCUT2D eigenvalue weighted by atomic mass is 9.53. The van der Waals surface area contributed by atoms with Crippen LogP contribution in [0.4, 0.5) is 4.79 Å². The van der Waals surface area contributed by atoms with Gasteiger partial charge >= 0.3 is 6.03 Å². The summed E-state index contributed by atoms with van der Waals surface area (Å²) in [5.41, 5.74) is 1.01. The zero-order valence-electron chi connectivity index (χ0n) is 17.8. The maximum Gasteiger partial charge on any atom is 0.315 e. The van der Waals surface area contributed by atoms with Crippen molar-refractivity contribution in [2.45, 2.75) is 74.8 Å². The van der Waals surface area contributed by atoms with Gasteiger partial charge in [-0.05, 0) is 88.2 Å². The molecule has 2 N–H and O–H groups in total. The van der Waals surface area contributed by atoms with E-state index in [-0.39, 0.29) is 17.6 Å². The molecule has 1 aliphatic heterocycles. The highest BCUT2D eigenvalue weighted by molar-refractivity contribution is 7.89. The molecule has 6 rings (SSSR count). The fourth-order valence-electron chi connectivity index (χ4n) is 6.93. The van der Waals surface area contributed by atoms with E-state index >= 15 is 0 Å². The predicted octanol–water partition coefficient (Wildman–Crippen LogP) is 3.42. The minimum Gasteiger partial charge on any atom is -0.337 e. The molecule has 6 nitrogen and oxygen atoms in total. The Morgan fingerprint density at radius 2 is 1.67 bits per heavy atom. The topological polar surface area (TPSA) is 78.5 Å². The predicted molar refractivity (Wildman–Crippen MR) is 116 cm³/mol. The van der Waals surface area contributed by atoms with Crippen LogP contribution in [-0.2, 0) is 10.0 Å². The quantitative estimate of drug-likeness (QED) is 0.750. The molecule has 0 radical (unpaired) electrons. The van der Waals surface area contributed by atoms with Crippen molar-refractivity contribution in [3.8, 4) is 0 Å². The average Bonchev–Trinajstić information content (AvgIpc) is 3.15. The number of amides is 2. The first kappa shape index (κ1) is 20.3. The van der Waals surface area contributed by atoms with Crippen LogP contribution in [0.3, 0.4) is 0 Å². The van der Waals surface area contributed by atoms with E-state index in [0.717, 1.165) is 55.4 Å². The number of carbonyl (C=O) groups is 1. The smallest absolute Gasteiger partial charge is 0.315 e. The molecule has 1 aromatic rings. The van der Waals surface area contributed by atoms with Gasteiger partial charge in [0, 0.05) is 24.7 Å². The summed E-state index contributed by atoms with van der Waals surface area (Å²) in [5, 5.41) is 6.33. The van der Waals surface area contributed by atoms with E-state index in [4.69, 9.17) is 0 Å². The molecule has 7 heteroatoms. The maximum absolute atomic E-state index is 13.1. The van der Waals surface area contributed by atoms with Crippen molar-refractivity contribution in [2.24, 2.45) is 17.8 Å². The lowest BCUT2D eigenvalue weighted by Crippen LogP contribution is -2.62. The molecule has 4 aliphatic carbocycles. The molecule has 1 heterocycles. The van der Waals surface area contributed by atoms with Gasteiger partial charge in [-0.15, -0.1) is 0 Å². The molecule has 30 heavy (non-hydrogen) atoms. The third-order valence-corrected chi connectivity index (χ3v) is 9.83. The number of nitrogens with zero attached hydrogens (tertiary/aromatic N) is 1. The van der Waals surface area contributed by atoms with Gasteiger partial charge in [0.2, 0.25) is 10.0 Å². The zero-order chi connectivity index (χ0) is 20.9. The Labute approximate surface area is 179 Å². The zero-order valence-corrected chi connectivity index (χ0v) is 18.6. The van der Waals surface area contributed by atoms with Gasteiger partial charge in [-0.1, -0.05) is 17.7 Å². The summed E-state index contributed by atoms with van der Waals surface area (Å²) in [7, 11) is -3.53. The molecule has 2 amide bonds. The van der Waals surface area contributed by atoms with Crippen molar-refractivity contribution < 1.29 is 13.2 Å². The van der Waals surface area contributed by atoms with Crippen LogP contribution in [0.25, 0.3) is 0 Å². The van der Waals surface area contributed by atoms with E-state index in [1.165, 1.54) is 19.3 Å². The second-order valence-electron chi connectivity index (χ2n) is 10.3. The van der Waals surface area contributed by atoms with E-state index in [1.807, 2.05) is 19.1 Å². The van der Waals surface area contributed by atoms with Gasteiger partial charge in [0.15, 0.2) is 0 Å². The summed E-state index contributed by atoms with van der Waals surface area (Å²) >= 11 is 0. The number of hydrogen-bond donors (Lipinski definition) is 2. The Kier molecular flexibility index (Phi) is 5.09. The molecule has 4 saturated carbocycles. The standard InChI is InChI=1S/C23H33N3O3S/c1-16-4-6-21(7-5-16)30(28,29)26-8-2-3-20(26)15-24-22(27)25-23-12-17-9-18(13-23)11-19(10-17)14-23/h4-7,17-20H,2-3,8-15H2,1H3,(H2,24,25,27). The molecule has 0 aromatic heterocycles. The Morgan fingerprint density at radius 1 is 1.07 bits per heavy atom. The molecule has 4 bridgehead atoms. The first-order valence-corrected chi connectivity index (χ1v) is 12.9. The van der Waals surface area contributed by atoms with Gasteiger partial charge in [0.25, 0.3) is 0 Å². The van der Waals surface area contributed by atoms with Gasteiger partial charge < -0.3 is 10.6 Å². The molecule has 1 unspecified atom stereocenters. The largest absolute Gasteiger partial charge is 0.337 e. The Morgan fingerprint density at radius 3 is 2.27 bits per heavy atom. The Hall–Kier alpha value is -1.60.